The van der Waals surface area contributed by atoms with E-state index >= 15 is 0 Å². The van der Waals surface area contributed by atoms with Crippen LogP contribution in [0, 0.1) is 0 Å². The highest BCUT2D eigenvalue weighted by Crippen LogP contribution is 2.27. The van der Waals surface area contributed by atoms with Crippen LogP contribution in [0.2, 0.25) is 0 Å². The highest BCUT2D eigenvalue weighted by Gasteiger charge is 2.11. The smallest absolute Gasteiger partial charge is 0.261 e. The van der Waals surface area contributed by atoms with Gasteiger partial charge in [-0.2, -0.15) is 0 Å². The Kier molecular flexibility index (Phi) is 4.37. The Morgan fingerprint density at radius 3 is 2.46 bits per heavy atom. The van der Waals surface area contributed by atoms with E-state index in [0.29, 0.717) is 21.2 Å². The summed E-state index contributed by atoms with van der Waals surface area (Å²) in [6.45, 7) is 0. The number of para-hydroxylation sites is 1. The third-order valence-electron chi connectivity index (χ3n) is 3.73. The number of anilines is 2. The number of nitrogens with one attached hydrogen (secondary N) is 2. The first kappa shape index (κ1) is 16.3. The van der Waals surface area contributed by atoms with E-state index in [2.05, 4.69) is 36.2 Å². The lowest BCUT2D eigenvalue weighted by molar-refractivity contribution is 0.483. The van der Waals surface area contributed by atoms with Gasteiger partial charge in [0.05, 0.1) is 9.99 Å². The van der Waals surface area contributed by atoms with Crippen molar-refractivity contribution in [1.82, 2.24) is 15.0 Å². The highest BCUT2D eigenvalue weighted by atomic mass is 79.9. The molecule has 0 unspecified atom stereocenters. The van der Waals surface area contributed by atoms with Crippen LogP contribution in [0.25, 0.3) is 10.9 Å². The number of halogens is 1. The SMILES string of the molecule is O=c1[nH]cc(Br)c2ncnc(Nc3ccc(Oc4ccccc4)cc3)c12. The molecule has 2 aromatic heterocycles. The maximum atomic E-state index is 12.2. The molecule has 0 aliphatic rings. The third kappa shape index (κ3) is 3.29. The summed E-state index contributed by atoms with van der Waals surface area (Å²) in [5.41, 5.74) is 1.08. The molecule has 0 aliphatic heterocycles. The Hall–Kier alpha value is -3.19. The molecule has 6 nitrogen and oxygen atoms in total. The van der Waals surface area contributed by atoms with Crippen LogP contribution in [0.15, 0.2) is 76.4 Å². The van der Waals surface area contributed by atoms with Crippen LogP contribution >= 0.6 is 15.9 Å². The van der Waals surface area contributed by atoms with Crippen LogP contribution in [0.1, 0.15) is 0 Å². The topological polar surface area (TPSA) is 79.9 Å². The maximum absolute atomic E-state index is 12.2. The maximum Gasteiger partial charge on any atom is 0.261 e. The Labute approximate surface area is 157 Å². The number of aromatic nitrogens is 3. The van der Waals surface area contributed by atoms with E-state index in [4.69, 9.17) is 4.74 Å². The van der Waals surface area contributed by atoms with Crippen molar-refractivity contribution in [3.8, 4) is 11.5 Å². The van der Waals surface area contributed by atoms with Crippen molar-refractivity contribution in [3.05, 3.63) is 81.9 Å². The monoisotopic (exact) mass is 408 g/mol. The first-order valence-electron chi connectivity index (χ1n) is 7.82. The molecular formula is C19H13BrN4O2. The molecule has 0 bridgehead atoms. The van der Waals surface area contributed by atoms with E-state index in [-0.39, 0.29) is 5.56 Å². The van der Waals surface area contributed by atoms with Crippen molar-refractivity contribution in [2.24, 2.45) is 0 Å². The largest absolute Gasteiger partial charge is 0.457 e. The summed E-state index contributed by atoms with van der Waals surface area (Å²) in [5.74, 6) is 1.93. The molecule has 0 atom stereocenters. The van der Waals surface area contributed by atoms with Gasteiger partial charge in [-0.05, 0) is 52.3 Å². The Morgan fingerprint density at radius 2 is 1.69 bits per heavy atom. The average molecular weight is 409 g/mol. The summed E-state index contributed by atoms with van der Waals surface area (Å²) < 4.78 is 6.47. The molecule has 0 spiro atoms. The van der Waals surface area contributed by atoms with Crippen molar-refractivity contribution in [3.63, 3.8) is 0 Å². The van der Waals surface area contributed by atoms with Gasteiger partial charge in [0.1, 0.15) is 29.0 Å². The van der Waals surface area contributed by atoms with Gasteiger partial charge >= 0.3 is 0 Å². The van der Waals surface area contributed by atoms with Gasteiger partial charge in [-0.1, -0.05) is 18.2 Å². The minimum atomic E-state index is -0.254. The molecule has 2 aromatic carbocycles. The molecule has 0 amide bonds. The zero-order valence-electron chi connectivity index (χ0n) is 13.4. The van der Waals surface area contributed by atoms with E-state index in [1.54, 1.807) is 6.20 Å². The predicted octanol–water partition coefficient (Wildman–Crippen LogP) is 4.62. The van der Waals surface area contributed by atoms with Gasteiger partial charge in [0.15, 0.2) is 0 Å². The molecule has 7 heteroatoms. The minimum Gasteiger partial charge on any atom is -0.457 e. The molecular weight excluding hydrogens is 396 g/mol. The quantitative estimate of drug-likeness (QED) is 0.514. The second kappa shape index (κ2) is 6.97. The third-order valence-corrected chi connectivity index (χ3v) is 4.33. The van der Waals surface area contributed by atoms with E-state index < -0.39 is 0 Å². The number of aromatic amines is 1. The minimum absolute atomic E-state index is 0.254. The van der Waals surface area contributed by atoms with Crippen molar-refractivity contribution in [1.29, 1.82) is 0 Å². The summed E-state index contributed by atoms with van der Waals surface area (Å²) >= 11 is 3.39. The molecule has 4 aromatic rings. The molecule has 0 aliphatic carbocycles. The lowest BCUT2D eigenvalue weighted by Crippen LogP contribution is -2.10. The molecule has 4 rings (SSSR count). The number of hydrogen-bond donors (Lipinski definition) is 2. The van der Waals surface area contributed by atoms with Gasteiger partial charge in [0.2, 0.25) is 0 Å². The fourth-order valence-electron chi connectivity index (χ4n) is 2.51. The van der Waals surface area contributed by atoms with Crippen molar-refractivity contribution in [2.45, 2.75) is 0 Å². The molecule has 26 heavy (non-hydrogen) atoms. The summed E-state index contributed by atoms with van der Waals surface area (Å²) in [6, 6.07) is 17.0. The van der Waals surface area contributed by atoms with Gasteiger partial charge in [0.25, 0.3) is 5.56 Å². The molecule has 2 N–H and O–H groups in total. The standard InChI is InChI=1S/C19H13BrN4O2/c20-15-10-21-19(25)16-17(15)22-11-23-18(16)24-12-6-8-14(9-7-12)26-13-4-2-1-3-5-13/h1-11H,(H,21,25)(H,22,23,24). The average Bonchev–Trinajstić information content (AvgIpc) is 2.67. The first-order valence-corrected chi connectivity index (χ1v) is 8.62. The summed E-state index contributed by atoms with van der Waals surface area (Å²) in [6.07, 6.45) is 2.99. The van der Waals surface area contributed by atoms with Gasteiger partial charge in [-0.3, -0.25) is 4.79 Å². The van der Waals surface area contributed by atoms with Crippen LogP contribution in [0.3, 0.4) is 0 Å². The molecule has 0 saturated carbocycles. The predicted molar refractivity (Wildman–Crippen MR) is 104 cm³/mol. The summed E-state index contributed by atoms with van der Waals surface area (Å²) in [7, 11) is 0. The number of nitrogens with zero attached hydrogens (tertiary/aromatic N) is 2. The Bertz CT molecular complexity index is 1110. The number of benzene rings is 2. The molecule has 0 fully saturated rings. The van der Waals surface area contributed by atoms with Crippen LogP contribution in [-0.2, 0) is 0 Å². The summed E-state index contributed by atoms with van der Waals surface area (Å²) in [5, 5.41) is 3.55. The number of rotatable bonds is 4. The normalized spacial score (nSPS) is 10.7. The number of ether oxygens (including phenoxy) is 1. The number of fused-ring (bicyclic) bond motifs is 1. The number of hydrogen-bond acceptors (Lipinski definition) is 5. The zero-order chi connectivity index (χ0) is 17.9. The molecule has 0 radical (unpaired) electrons. The second-order valence-corrected chi connectivity index (χ2v) is 6.33. The van der Waals surface area contributed by atoms with Gasteiger partial charge < -0.3 is 15.0 Å². The van der Waals surface area contributed by atoms with Crippen LogP contribution in [0.5, 0.6) is 11.5 Å². The molecule has 128 valence electrons. The number of H-pyrrole nitrogens is 1. The van der Waals surface area contributed by atoms with E-state index in [0.717, 1.165) is 17.2 Å². The van der Waals surface area contributed by atoms with E-state index in [1.165, 1.54) is 6.33 Å². The van der Waals surface area contributed by atoms with Crippen molar-refractivity contribution >= 4 is 38.3 Å². The van der Waals surface area contributed by atoms with Gasteiger partial charge in [-0.25, -0.2) is 9.97 Å². The van der Waals surface area contributed by atoms with Crippen LogP contribution < -0.4 is 15.6 Å². The first-order chi connectivity index (χ1) is 12.7. The Morgan fingerprint density at radius 1 is 0.962 bits per heavy atom. The van der Waals surface area contributed by atoms with Crippen LogP contribution in [0.4, 0.5) is 11.5 Å². The van der Waals surface area contributed by atoms with Crippen molar-refractivity contribution in [2.75, 3.05) is 5.32 Å². The summed E-state index contributed by atoms with van der Waals surface area (Å²) in [4.78, 5) is 23.2. The van der Waals surface area contributed by atoms with E-state index in [1.807, 2.05) is 54.6 Å². The fraction of sp³-hybridized carbons (Fsp3) is 0. The Balaban J connectivity index is 1.61. The second-order valence-electron chi connectivity index (χ2n) is 5.48. The van der Waals surface area contributed by atoms with E-state index in [9.17, 15) is 4.79 Å². The van der Waals surface area contributed by atoms with Crippen molar-refractivity contribution < 1.29 is 4.74 Å². The number of pyridine rings is 1. The molecule has 0 saturated heterocycles. The lowest BCUT2D eigenvalue weighted by Gasteiger charge is -2.10. The fourth-order valence-corrected chi connectivity index (χ4v) is 2.93. The highest BCUT2D eigenvalue weighted by molar-refractivity contribution is 9.10. The van der Waals surface area contributed by atoms with Gasteiger partial charge in [-0.15, -0.1) is 0 Å². The molecule has 2 heterocycles. The lowest BCUT2D eigenvalue weighted by atomic mass is 10.2. The van der Waals surface area contributed by atoms with Gasteiger partial charge in [0, 0.05) is 11.9 Å². The van der Waals surface area contributed by atoms with Crippen LogP contribution in [-0.4, -0.2) is 15.0 Å². The zero-order valence-corrected chi connectivity index (χ0v) is 15.0.